The van der Waals surface area contributed by atoms with Gasteiger partial charge < -0.3 is 14.5 Å². The molecule has 2 saturated heterocycles. The molecule has 2 fully saturated rings. The molecule has 1 aromatic rings. The van der Waals surface area contributed by atoms with Gasteiger partial charge in [0.25, 0.3) is 5.91 Å². The van der Waals surface area contributed by atoms with Crippen molar-refractivity contribution in [2.75, 3.05) is 39.4 Å². The number of piperidine rings is 1. The molecule has 0 aromatic carbocycles. The molecule has 2 amide bonds. The number of carbonyl (C=O) groups excluding carboxylic acids is 2. The van der Waals surface area contributed by atoms with Crippen LogP contribution in [0.15, 0.2) is 6.07 Å². The van der Waals surface area contributed by atoms with Crippen LogP contribution in [-0.2, 0) is 16.0 Å². The van der Waals surface area contributed by atoms with Crippen LogP contribution in [0.4, 0.5) is 0 Å². The lowest BCUT2D eigenvalue weighted by molar-refractivity contribution is -0.141. The summed E-state index contributed by atoms with van der Waals surface area (Å²) in [7, 11) is 0. The van der Waals surface area contributed by atoms with E-state index in [4.69, 9.17) is 4.74 Å². The van der Waals surface area contributed by atoms with Gasteiger partial charge in [0.15, 0.2) is 0 Å². The summed E-state index contributed by atoms with van der Waals surface area (Å²) in [6, 6.07) is 2.00. The Labute approximate surface area is 147 Å². The van der Waals surface area contributed by atoms with Gasteiger partial charge in [-0.25, -0.2) is 0 Å². The molecule has 0 N–H and O–H groups in total. The van der Waals surface area contributed by atoms with E-state index < -0.39 is 0 Å². The van der Waals surface area contributed by atoms with Gasteiger partial charge in [-0.3, -0.25) is 9.59 Å². The maximum atomic E-state index is 12.8. The van der Waals surface area contributed by atoms with Crippen LogP contribution in [0.3, 0.4) is 0 Å². The zero-order chi connectivity index (χ0) is 17.1. The van der Waals surface area contributed by atoms with Crippen LogP contribution in [-0.4, -0.2) is 61.0 Å². The van der Waals surface area contributed by atoms with Gasteiger partial charge in [-0.2, -0.15) is 0 Å². The molecule has 132 valence electrons. The Kier molecular flexibility index (Phi) is 5.56. The fourth-order valence-corrected chi connectivity index (χ4v) is 4.62. The summed E-state index contributed by atoms with van der Waals surface area (Å²) >= 11 is 1.60. The van der Waals surface area contributed by atoms with Crippen molar-refractivity contribution >= 4 is 23.2 Å². The molecule has 1 aromatic heterocycles. The third-order valence-corrected chi connectivity index (χ3v) is 6.30. The number of rotatable bonds is 3. The number of ether oxygens (including phenoxy) is 1. The fourth-order valence-electron chi connectivity index (χ4n) is 3.54. The molecule has 2 aliphatic rings. The van der Waals surface area contributed by atoms with Gasteiger partial charge in [0, 0.05) is 31.1 Å². The molecule has 24 heavy (non-hydrogen) atoms. The largest absolute Gasteiger partial charge is 0.378 e. The highest BCUT2D eigenvalue weighted by molar-refractivity contribution is 7.14. The number of likely N-dealkylation sites (tertiary alicyclic amines) is 1. The Balaban J connectivity index is 1.65. The third kappa shape index (κ3) is 3.64. The summed E-state index contributed by atoms with van der Waals surface area (Å²) in [5.41, 5.74) is 1.20. The summed E-state index contributed by atoms with van der Waals surface area (Å²) in [6.07, 6.45) is 2.74. The Hall–Kier alpha value is -1.40. The van der Waals surface area contributed by atoms with Crippen LogP contribution in [0, 0.1) is 12.8 Å². The van der Waals surface area contributed by atoms with Gasteiger partial charge >= 0.3 is 0 Å². The Morgan fingerprint density at radius 1 is 1.25 bits per heavy atom. The van der Waals surface area contributed by atoms with Crippen LogP contribution in [0.2, 0.25) is 0 Å². The second-order valence-electron chi connectivity index (χ2n) is 6.60. The van der Waals surface area contributed by atoms with Crippen molar-refractivity contribution in [1.29, 1.82) is 0 Å². The first kappa shape index (κ1) is 17.4. The topological polar surface area (TPSA) is 49.9 Å². The standard InChI is InChI=1S/C18H26N2O3S/c1-3-15-13(2)11-16(24-15)18(22)20-6-4-5-14(12-20)17(21)19-7-9-23-10-8-19/h11,14H,3-10,12H2,1-2H3. The van der Waals surface area contributed by atoms with E-state index >= 15 is 0 Å². The Morgan fingerprint density at radius 2 is 2.00 bits per heavy atom. The quantitative estimate of drug-likeness (QED) is 0.841. The first-order valence-corrected chi connectivity index (χ1v) is 9.67. The lowest BCUT2D eigenvalue weighted by Gasteiger charge is -2.36. The Morgan fingerprint density at radius 3 is 2.67 bits per heavy atom. The lowest BCUT2D eigenvalue weighted by Crippen LogP contribution is -2.49. The highest BCUT2D eigenvalue weighted by atomic mass is 32.1. The molecule has 5 nitrogen and oxygen atoms in total. The number of thiophene rings is 1. The van der Waals surface area contributed by atoms with Gasteiger partial charge in [-0.05, 0) is 37.8 Å². The zero-order valence-corrected chi connectivity index (χ0v) is 15.4. The molecule has 3 rings (SSSR count). The van der Waals surface area contributed by atoms with Crippen molar-refractivity contribution in [3.63, 3.8) is 0 Å². The van der Waals surface area contributed by atoms with Crippen molar-refractivity contribution in [2.24, 2.45) is 5.92 Å². The normalized spacial score (nSPS) is 21.8. The van der Waals surface area contributed by atoms with Gasteiger partial charge in [0.2, 0.25) is 5.91 Å². The highest BCUT2D eigenvalue weighted by Gasteiger charge is 2.32. The zero-order valence-electron chi connectivity index (χ0n) is 14.5. The molecule has 0 aliphatic carbocycles. The van der Waals surface area contributed by atoms with E-state index in [2.05, 4.69) is 13.8 Å². The van der Waals surface area contributed by atoms with E-state index in [9.17, 15) is 9.59 Å². The van der Waals surface area contributed by atoms with E-state index in [0.29, 0.717) is 32.8 Å². The molecular formula is C18H26N2O3S. The number of hydrogen-bond acceptors (Lipinski definition) is 4. The van der Waals surface area contributed by atoms with Gasteiger partial charge in [0.1, 0.15) is 0 Å². The first-order valence-electron chi connectivity index (χ1n) is 8.85. The summed E-state index contributed by atoms with van der Waals surface area (Å²) in [6.45, 7) is 8.07. The van der Waals surface area contributed by atoms with E-state index in [-0.39, 0.29) is 17.7 Å². The van der Waals surface area contributed by atoms with E-state index in [1.807, 2.05) is 15.9 Å². The second-order valence-corrected chi connectivity index (χ2v) is 7.74. The number of hydrogen-bond donors (Lipinski definition) is 0. The van der Waals surface area contributed by atoms with E-state index in [0.717, 1.165) is 30.7 Å². The van der Waals surface area contributed by atoms with E-state index in [1.54, 1.807) is 11.3 Å². The number of amides is 2. The van der Waals surface area contributed by atoms with Gasteiger partial charge in [-0.15, -0.1) is 11.3 Å². The van der Waals surface area contributed by atoms with Crippen LogP contribution >= 0.6 is 11.3 Å². The third-order valence-electron chi connectivity index (χ3n) is 4.93. The molecule has 0 radical (unpaired) electrons. The highest BCUT2D eigenvalue weighted by Crippen LogP contribution is 2.26. The average Bonchev–Trinajstić information content (AvgIpc) is 3.02. The van der Waals surface area contributed by atoms with Gasteiger partial charge in [0.05, 0.1) is 24.0 Å². The molecular weight excluding hydrogens is 324 g/mol. The van der Waals surface area contributed by atoms with E-state index in [1.165, 1.54) is 10.4 Å². The van der Waals surface area contributed by atoms with Crippen LogP contribution in [0.1, 0.15) is 39.9 Å². The van der Waals surface area contributed by atoms with Crippen LogP contribution in [0.5, 0.6) is 0 Å². The molecule has 0 saturated carbocycles. The minimum absolute atomic E-state index is 0.0625. The smallest absolute Gasteiger partial charge is 0.263 e. The Bertz CT molecular complexity index is 607. The molecule has 1 atom stereocenters. The summed E-state index contributed by atoms with van der Waals surface area (Å²) < 4.78 is 5.32. The molecule has 0 spiro atoms. The molecule has 6 heteroatoms. The van der Waals surface area contributed by atoms with Crippen molar-refractivity contribution in [3.8, 4) is 0 Å². The molecule has 3 heterocycles. The summed E-state index contributed by atoms with van der Waals surface area (Å²) in [5.74, 6) is 0.210. The number of aryl methyl sites for hydroxylation is 2. The first-order chi connectivity index (χ1) is 11.6. The molecule has 0 bridgehead atoms. The summed E-state index contributed by atoms with van der Waals surface area (Å²) in [4.78, 5) is 31.4. The summed E-state index contributed by atoms with van der Waals surface area (Å²) in [5, 5.41) is 0. The van der Waals surface area contributed by atoms with Crippen LogP contribution < -0.4 is 0 Å². The van der Waals surface area contributed by atoms with Crippen molar-refractivity contribution in [1.82, 2.24) is 9.80 Å². The lowest BCUT2D eigenvalue weighted by atomic mass is 9.96. The second kappa shape index (κ2) is 7.66. The fraction of sp³-hybridized carbons (Fsp3) is 0.667. The molecule has 1 unspecified atom stereocenters. The predicted molar refractivity (Wildman–Crippen MR) is 94.5 cm³/mol. The van der Waals surface area contributed by atoms with Crippen LogP contribution in [0.25, 0.3) is 0 Å². The monoisotopic (exact) mass is 350 g/mol. The van der Waals surface area contributed by atoms with Crippen molar-refractivity contribution in [3.05, 3.63) is 21.4 Å². The maximum absolute atomic E-state index is 12.8. The average molecular weight is 350 g/mol. The SMILES string of the molecule is CCc1sc(C(=O)N2CCCC(C(=O)N3CCOCC3)C2)cc1C. The molecule has 2 aliphatic heterocycles. The van der Waals surface area contributed by atoms with Crippen molar-refractivity contribution < 1.29 is 14.3 Å². The van der Waals surface area contributed by atoms with Crippen molar-refractivity contribution in [2.45, 2.75) is 33.1 Å². The minimum atomic E-state index is -0.0625. The minimum Gasteiger partial charge on any atom is -0.378 e. The van der Waals surface area contributed by atoms with Gasteiger partial charge in [-0.1, -0.05) is 6.92 Å². The number of carbonyl (C=O) groups is 2. The maximum Gasteiger partial charge on any atom is 0.263 e. The number of morpholine rings is 1. The predicted octanol–water partition coefficient (Wildman–Crippen LogP) is 2.33. The number of nitrogens with zero attached hydrogens (tertiary/aromatic N) is 2.